The van der Waals surface area contributed by atoms with Crippen molar-refractivity contribution < 1.29 is 22.8 Å². The number of benzene rings is 1. The zero-order chi connectivity index (χ0) is 23.0. The fourth-order valence-electron chi connectivity index (χ4n) is 3.26. The van der Waals surface area contributed by atoms with Gasteiger partial charge in [-0.2, -0.15) is 0 Å². The third kappa shape index (κ3) is 6.47. The quantitative estimate of drug-likeness (QED) is 0.311. The van der Waals surface area contributed by atoms with Crippen LogP contribution in [0.3, 0.4) is 0 Å². The largest absolute Gasteiger partial charge is 0.392 e. The van der Waals surface area contributed by atoms with E-state index in [2.05, 4.69) is 20.4 Å². The van der Waals surface area contributed by atoms with Crippen LogP contribution in [0.15, 0.2) is 46.7 Å². The molecule has 1 saturated carbocycles. The minimum absolute atomic E-state index is 0.0128. The Balaban J connectivity index is 1.81. The second kappa shape index (κ2) is 11.0. The highest BCUT2D eigenvalue weighted by molar-refractivity contribution is 7.91. The van der Waals surface area contributed by atoms with Crippen LogP contribution in [-0.2, 0) is 24.2 Å². The number of anilines is 2. The zero-order valence-electron chi connectivity index (χ0n) is 17.9. The Labute approximate surface area is 187 Å². The minimum atomic E-state index is -3.46. The van der Waals surface area contributed by atoms with Gasteiger partial charge in [-0.3, -0.25) is 4.79 Å². The smallest absolute Gasteiger partial charge is 0.279 e. The number of amides is 1. The molecular formula is C21H27N5O5S. The van der Waals surface area contributed by atoms with Crippen molar-refractivity contribution in [3.05, 3.63) is 42.2 Å². The molecule has 3 N–H and O–H groups in total. The molecule has 0 aliphatic heterocycles. The van der Waals surface area contributed by atoms with Crippen LogP contribution in [0.1, 0.15) is 37.7 Å². The van der Waals surface area contributed by atoms with Gasteiger partial charge in [-0.1, -0.05) is 17.3 Å². The summed E-state index contributed by atoms with van der Waals surface area (Å²) in [4.78, 5) is 26.6. The highest BCUT2D eigenvalue weighted by Gasteiger charge is 2.21. The van der Waals surface area contributed by atoms with E-state index in [0.717, 1.165) is 25.7 Å². The van der Waals surface area contributed by atoms with Gasteiger partial charge in [0, 0.05) is 19.3 Å². The number of carbonyl (C=O) groups excluding carboxylic acids is 1. The molecule has 1 aliphatic carbocycles. The highest BCUT2D eigenvalue weighted by Crippen LogP contribution is 2.22. The molecule has 1 aromatic carbocycles. The molecule has 0 unspecified atom stereocenters. The number of sulfone groups is 1. The Morgan fingerprint density at radius 2 is 1.91 bits per heavy atom. The average Bonchev–Trinajstić information content (AvgIpc) is 3.30. The predicted octanol–water partition coefficient (Wildman–Crippen LogP) is 2.17. The van der Waals surface area contributed by atoms with Crippen LogP contribution < -0.4 is 11.1 Å². The van der Waals surface area contributed by atoms with Crippen molar-refractivity contribution in [3.63, 3.8) is 0 Å². The maximum atomic E-state index is 12.9. The molecule has 11 heteroatoms. The molecule has 2 aromatic rings. The molecule has 0 radical (unpaired) electrons. The molecule has 0 atom stereocenters. The molecule has 1 aliphatic rings. The Morgan fingerprint density at radius 3 is 2.53 bits per heavy atom. The van der Waals surface area contributed by atoms with E-state index in [1.807, 2.05) is 0 Å². The van der Waals surface area contributed by atoms with E-state index in [9.17, 15) is 13.2 Å². The number of methoxy groups -OCH3 is 1. The average molecular weight is 462 g/mol. The molecule has 1 heterocycles. The van der Waals surface area contributed by atoms with Crippen molar-refractivity contribution in [1.82, 2.24) is 9.97 Å². The first-order chi connectivity index (χ1) is 15.4. The fourth-order valence-corrected chi connectivity index (χ4v) is 4.54. The zero-order valence-corrected chi connectivity index (χ0v) is 18.7. The SMILES string of the molecule is COCCCS(=O)(=O)c1ccc(C(=NOC2CCCC2)C(=O)Nc2cnc(N)cn2)cc1. The van der Waals surface area contributed by atoms with Gasteiger partial charge < -0.3 is 20.6 Å². The van der Waals surface area contributed by atoms with E-state index in [1.54, 1.807) is 0 Å². The number of rotatable bonds is 10. The number of oxime groups is 1. The third-order valence-electron chi connectivity index (χ3n) is 4.97. The highest BCUT2D eigenvalue weighted by atomic mass is 32.2. The van der Waals surface area contributed by atoms with Gasteiger partial charge in [0.15, 0.2) is 21.4 Å². The summed E-state index contributed by atoms with van der Waals surface area (Å²) in [6.45, 7) is 0.362. The van der Waals surface area contributed by atoms with Crippen LogP contribution in [0, 0.1) is 0 Å². The van der Waals surface area contributed by atoms with Crippen molar-refractivity contribution in [2.75, 3.05) is 30.5 Å². The van der Waals surface area contributed by atoms with E-state index >= 15 is 0 Å². The van der Waals surface area contributed by atoms with Gasteiger partial charge in [-0.15, -0.1) is 0 Å². The van der Waals surface area contributed by atoms with E-state index in [1.165, 1.54) is 43.8 Å². The number of aromatic nitrogens is 2. The number of hydrogen-bond acceptors (Lipinski definition) is 9. The summed E-state index contributed by atoms with van der Waals surface area (Å²) in [6, 6.07) is 5.99. The molecule has 3 rings (SSSR count). The maximum Gasteiger partial charge on any atom is 0.279 e. The number of nitrogen functional groups attached to an aromatic ring is 1. The lowest BCUT2D eigenvalue weighted by Crippen LogP contribution is -2.25. The summed E-state index contributed by atoms with van der Waals surface area (Å²) in [5, 5.41) is 6.72. The Kier molecular flexibility index (Phi) is 8.12. The van der Waals surface area contributed by atoms with Crippen LogP contribution in [-0.4, -0.2) is 55.6 Å². The van der Waals surface area contributed by atoms with Crippen LogP contribution in [0.4, 0.5) is 11.6 Å². The summed E-state index contributed by atoms with van der Waals surface area (Å²) in [7, 11) is -1.93. The van der Waals surface area contributed by atoms with Crippen LogP contribution in [0.25, 0.3) is 0 Å². The summed E-state index contributed by atoms with van der Waals surface area (Å²) < 4.78 is 29.9. The molecule has 0 bridgehead atoms. The van der Waals surface area contributed by atoms with Gasteiger partial charge in [-0.25, -0.2) is 18.4 Å². The first kappa shape index (κ1) is 23.6. The summed E-state index contributed by atoms with van der Waals surface area (Å²) in [5.74, 6) is -0.154. The lowest BCUT2D eigenvalue weighted by molar-refractivity contribution is -0.110. The van der Waals surface area contributed by atoms with Crippen molar-refractivity contribution >= 4 is 33.1 Å². The lowest BCUT2D eigenvalue weighted by atomic mass is 10.1. The number of nitrogens with two attached hydrogens (primary N) is 1. The molecule has 32 heavy (non-hydrogen) atoms. The molecule has 1 amide bonds. The molecular weight excluding hydrogens is 434 g/mol. The Hall–Kier alpha value is -3.05. The molecule has 10 nitrogen and oxygen atoms in total. The van der Waals surface area contributed by atoms with E-state index in [-0.39, 0.29) is 34.1 Å². The van der Waals surface area contributed by atoms with Crippen LogP contribution in [0.2, 0.25) is 0 Å². The standard InChI is InChI=1S/C21H27N5O5S/c1-30-11-4-12-32(28,29)17-9-7-15(8-10-17)20(26-31-16-5-2-3-6-16)21(27)25-19-14-23-18(22)13-24-19/h7-10,13-14,16H,2-6,11-12H2,1H3,(H2,22,23)(H,24,25,27). The second-order valence-corrected chi connectivity index (χ2v) is 9.53. The van der Waals surface area contributed by atoms with Gasteiger partial charge in [0.2, 0.25) is 0 Å². The van der Waals surface area contributed by atoms with Crippen molar-refractivity contribution in [3.8, 4) is 0 Å². The molecule has 172 valence electrons. The minimum Gasteiger partial charge on any atom is -0.392 e. The van der Waals surface area contributed by atoms with Gasteiger partial charge in [0.1, 0.15) is 11.9 Å². The van der Waals surface area contributed by atoms with Gasteiger partial charge in [0.25, 0.3) is 5.91 Å². The fraction of sp³-hybridized carbons (Fsp3) is 0.429. The van der Waals surface area contributed by atoms with E-state index < -0.39 is 15.7 Å². The Bertz CT molecular complexity index is 1030. The van der Waals surface area contributed by atoms with Crippen LogP contribution in [0.5, 0.6) is 0 Å². The van der Waals surface area contributed by atoms with Crippen LogP contribution >= 0.6 is 0 Å². The van der Waals surface area contributed by atoms with Gasteiger partial charge in [0.05, 0.1) is 23.0 Å². The summed E-state index contributed by atoms with van der Waals surface area (Å²) in [6.07, 6.45) is 6.86. The van der Waals surface area contributed by atoms with E-state index in [4.69, 9.17) is 15.3 Å². The molecule has 1 fully saturated rings. The number of nitrogens with zero attached hydrogens (tertiary/aromatic N) is 3. The van der Waals surface area contributed by atoms with E-state index in [0.29, 0.717) is 18.6 Å². The lowest BCUT2D eigenvalue weighted by Gasteiger charge is -2.11. The summed E-state index contributed by atoms with van der Waals surface area (Å²) >= 11 is 0. The topological polar surface area (TPSA) is 146 Å². The molecule has 0 saturated heterocycles. The van der Waals surface area contributed by atoms with Gasteiger partial charge in [-0.05, 0) is 44.2 Å². The molecule has 1 aromatic heterocycles. The first-order valence-electron chi connectivity index (χ1n) is 10.3. The summed E-state index contributed by atoms with van der Waals surface area (Å²) in [5.41, 5.74) is 5.96. The molecule has 0 spiro atoms. The van der Waals surface area contributed by atoms with Gasteiger partial charge >= 0.3 is 0 Å². The van der Waals surface area contributed by atoms with Crippen molar-refractivity contribution in [1.29, 1.82) is 0 Å². The number of nitrogens with one attached hydrogen (secondary N) is 1. The number of ether oxygens (including phenoxy) is 1. The maximum absolute atomic E-state index is 12.9. The van der Waals surface area contributed by atoms with Crippen molar-refractivity contribution in [2.24, 2.45) is 5.16 Å². The monoisotopic (exact) mass is 461 g/mol. The normalized spacial score (nSPS) is 15.0. The Morgan fingerprint density at radius 1 is 1.19 bits per heavy atom. The predicted molar refractivity (Wildman–Crippen MR) is 120 cm³/mol. The van der Waals surface area contributed by atoms with Crippen molar-refractivity contribution in [2.45, 2.75) is 43.1 Å². The first-order valence-corrected chi connectivity index (χ1v) is 12.0. The second-order valence-electron chi connectivity index (χ2n) is 7.42. The third-order valence-corrected chi connectivity index (χ3v) is 6.79. The number of hydrogen-bond donors (Lipinski definition) is 2. The number of carbonyl (C=O) groups is 1.